The van der Waals surface area contributed by atoms with Gasteiger partial charge in [0, 0.05) is 19.7 Å². The fourth-order valence-corrected chi connectivity index (χ4v) is 4.99. The van der Waals surface area contributed by atoms with E-state index < -0.39 is 0 Å². The second-order valence-corrected chi connectivity index (χ2v) is 8.06. The van der Waals surface area contributed by atoms with Gasteiger partial charge in [-0.3, -0.25) is 4.90 Å². The number of hydrogen-bond acceptors (Lipinski definition) is 5. The highest BCUT2D eigenvalue weighted by Crippen LogP contribution is 2.55. The van der Waals surface area contributed by atoms with E-state index in [1.54, 1.807) is 7.11 Å². The molecule has 2 atom stereocenters. The van der Waals surface area contributed by atoms with Crippen LogP contribution in [0.3, 0.4) is 0 Å². The number of hydrogen-bond donors (Lipinski definition) is 0. The molecule has 0 spiro atoms. The first-order valence-corrected chi connectivity index (χ1v) is 10.9. The summed E-state index contributed by atoms with van der Waals surface area (Å²) >= 11 is 0. The minimum absolute atomic E-state index is 0.0878. The van der Waals surface area contributed by atoms with E-state index in [2.05, 4.69) is 60.4 Å². The van der Waals surface area contributed by atoms with Gasteiger partial charge < -0.3 is 18.9 Å². The molecule has 5 nitrogen and oxygen atoms in total. The molecule has 0 radical (unpaired) electrons. The van der Waals surface area contributed by atoms with Crippen molar-refractivity contribution in [2.24, 2.45) is 0 Å². The van der Waals surface area contributed by atoms with Crippen LogP contribution in [-0.2, 0) is 30.9 Å². The smallest absolute Gasteiger partial charge is 0.0701 e. The molecule has 0 amide bonds. The maximum absolute atomic E-state index is 5.91. The normalized spacial score (nSPS) is 22.1. The van der Waals surface area contributed by atoms with E-state index in [9.17, 15) is 0 Å². The molecule has 5 heteroatoms. The van der Waals surface area contributed by atoms with Crippen molar-refractivity contribution >= 4 is 0 Å². The van der Waals surface area contributed by atoms with Gasteiger partial charge in [-0.2, -0.15) is 0 Å². The molecule has 0 fully saturated rings. The first-order chi connectivity index (χ1) is 14.8. The van der Waals surface area contributed by atoms with E-state index in [0.29, 0.717) is 52.3 Å². The second-order valence-electron chi connectivity index (χ2n) is 8.06. The van der Waals surface area contributed by atoms with Crippen LogP contribution in [0.2, 0.25) is 0 Å². The van der Waals surface area contributed by atoms with Crippen LogP contribution >= 0.6 is 0 Å². The van der Waals surface area contributed by atoms with Gasteiger partial charge >= 0.3 is 0 Å². The summed E-state index contributed by atoms with van der Waals surface area (Å²) in [6.45, 7) is 7.59. The molecule has 2 aliphatic rings. The Morgan fingerprint density at radius 2 is 1.40 bits per heavy atom. The Kier molecular flexibility index (Phi) is 7.18. The maximum atomic E-state index is 5.91. The fourth-order valence-electron chi connectivity index (χ4n) is 4.99. The first-order valence-electron chi connectivity index (χ1n) is 10.9. The zero-order valence-electron chi connectivity index (χ0n) is 18.1. The predicted molar refractivity (Wildman–Crippen MR) is 117 cm³/mol. The molecule has 2 bridgehead atoms. The molecule has 2 heterocycles. The Balaban J connectivity index is 1.29. The molecule has 4 rings (SSSR count). The average molecular weight is 412 g/mol. The van der Waals surface area contributed by atoms with E-state index >= 15 is 0 Å². The van der Waals surface area contributed by atoms with Gasteiger partial charge in [0.05, 0.1) is 51.8 Å². The average Bonchev–Trinajstić information content (AvgIpc) is 2.94. The topological polar surface area (TPSA) is 40.2 Å². The molecule has 0 aromatic heterocycles. The maximum Gasteiger partial charge on any atom is 0.0701 e. The Morgan fingerprint density at radius 1 is 0.800 bits per heavy atom. The molecule has 162 valence electrons. The highest BCUT2D eigenvalue weighted by molar-refractivity contribution is 5.54. The van der Waals surface area contributed by atoms with Crippen molar-refractivity contribution in [2.45, 2.75) is 24.9 Å². The van der Waals surface area contributed by atoms with Crippen LogP contribution < -0.4 is 0 Å². The predicted octanol–water partition coefficient (Wildman–Crippen LogP) is 3.56. The van der Waals surface area contributed by atoms with Crippen LogP contribution in [0.15, 0.2) is 48.5 Å². The van der Waals surface area contributed by atoms with Crippen molar-refractivity contribution < 1.29 is 18.9 Å². The van der Waals surface area contributed by atoms with Gasteiger partial charge in [-0.15, -0.1) is 0 Å². The largest absolute Gasteiger partial charge is 0.382 e. The summed E-state index contributed by atoms with van der Waals surface area (Å²) in [4.78, 5) is 2.63. The fraction of sp³-hybridized carbons (Fsp3) is 0.520. The molecule has 0 unspecified atom stereocenters. The zero-order chi connectivity index (χ0) is 20.8. The van der Waals surface area contributed by atoms with E-state index in [0.717, 1.165) is 13.0 Å². The standard InChI is InChI=1S/C25H33NO4/c1-25-22-9-5-3-7-20(22)19-24(21-8-4-6-10-23(21)25)26(25)11-12-28-15-16-30-18-17-29-14-13-27-2/h3-10,24H,11-19H2,1-2H3/t24-,25+/m1/s1. The van der Waals surface area contributed by atoms with Gasteiger partial charge in [0.25, 0.3) is 0 Å². The molecule has 30 heavy (non-hydrogen) atoms. The van der Waals surface area contributed by atoms with Crippen LogP contribution in [-0.4, -0.2) is 64.8 Å². The molecule has 0 N–H and O–H groups in total. The highest BCUT2D eigenvalue weighted by Gasteiger charge is 2.51. The molecule has 0 saturated carbocycles. The van der Waals surface area contributed by atoms with Gasteiger partial charge in [-0.25, -0.2) is 0 Å². The van der Waals surface area contributed by atoms with Crippen LogP contribution in [0, 0.1) is 0 Å². The lowest BCUT2D eigenvalue weighted by Gasteiger charge is -2.44. The summed E-state index contributed by atoms with van der Waals surface area (Å²) < 4.78 is 21.8. The highest BCUT2D eigenvalue weighted by atomic mass is 16.6. The number of methoxy groups -OCH3 is 1. The minimum atomic E-state index is -0.0878. The third kappa shape index (κ3) is 4.18. The second kappa shape index (κ2) is 10.0. The minimum Gasteiger partial charge on any atom is -0.382 e. The first kappa shape index (κ1) is 21.5. The quantitative estimate of drug-likeness (QED) is 0.500. The van der Waals surface area contributed by atoms with E-state index in [1.165, 1.54) is 22.3 Å². The van der Waals surface area contributed by atoms with Crippen molar-refractivity contribution in [3.8, 4) is 0 Å². The van der Waals surface area contributed by atoms with Crippen LogP contribution in [0.4, 0.5) is 0 Å². The lowest BCUT2D eigenvalue weighted by molar-refractivity contribution is -0.00648. The summed E-state index contributed by atoms with van der Waals surface area (Å²) in [6.07, 6.45) is 1.06. The van der Waals surface area contributed by atoms with Gasteiger partial charge in [-0.1, -0.05) is 48.5 Å². The number of rotatable bonds is 12. The number of nitrogens with zero attached hydrogens (tertiary/aromatic N) is 1. The van der Waals surface area contributed by atoms with Crippen molar-refractivity contribution in [2.75, 3.05) is 59.9 Å². The Hall–Kier alpha value is -1.76. The summed E-state index contributed by atoms with van der Waals surface area (Å²) in [5.41, 5.74) is 5.72. The van der Waals surface area contributed by atoms with E-state index in [-0.39, 0.29) is 5.54 Å². The van der Waals surface area contributed by atoms with Crippen molar-refractivity contribution in [1.29, 1.82) is 0 Å². The molecule has 2 aromatic carbocycles. The molecule has 0 aliphatic carbocycles. The lowest BCUT2D eigenvalue weighted by Crippen LogP contribution is -2.47. The Morgan fingerprint density at radius 3 is 2.13 bits per heavy atom. The third-order valence-corrected chi connectivity index (χ3v) is 6.40. The Labute approximate surface area is 179 Å². The van der Waals surface area contributed by atoms with Crippen molar-refractivity contribution in [1.82, 2.24) is 4.90 Å². The Bertz CT molecular complexity index is 813. The van der Waals surface area contributed by atoms with Gasteiger partial charge in [0.15, 0.2) is 0 Å². The monoisotopic (exact) mass is 411 g/mol. The molecule has 0 saturated heterocycles. The van der Waals surface area contributed by atoms with Crippen LogP contribution in [0.25, 0.3) is 0 Å². The zero-order valence-corrected chi connectivity index (χ0v) is 18.1. The number of ether oxygens (including phenoxy) is 4. The van der Waals surface area contributed by atoms with E-state index in [4.69, 9.17) is 18.9 Å². The number of fused-ring (bicyclic) bond motifs is 7. The lowest BCUT2D eigenvalue weighted by atomic mass is 9.80. The van der Waals surface area contributed by atoms with E-state index in [1.807, 2.05) is 0 Å². The molecule has 2 aromatic rings. The number of benzene rings is 2. The van der Waals surface area contributed by atoms with Crippen molar-refractivity contribution in [3.63, 3.8) is 0 Å². The van der Waals surface area contributed by atoms with Gasteiger partial charge in [0.2, 0.25) is 0 Å². The SMILES string of the molecule is COCCOCCOCCOCCN1[C@@H]2Cc3ccccc3[C@@]1(C)c1ccccc12. The molecule has 2 aliphatic heterocycles. The molecular weight excluding hydrogens is 378 g/mol. The van der Waals surface area contributed by atoms with Gasteiger partial charge in [-0.05, 0) is 35.6 Å². The molecular formula is C25H33NO4. The van der Waals surface area contributed by atoms with Gasteiger partial charge in [0.1, 0.15) is 0 Å². The van der Waals surface area contributed by atoms with Crippen LogP contribution in [0.5, 0.6) is 0 Å². The van der Waals surface area contributed by atoms with Crippen molar-refractivity contribution in [3.05, 3.63) is 70.8 Å². The summed E-state index contributed by atoms with van der Waals surface area (Å²) in [5, 5.41) is 0. The van der Waals surface area contributed by atoms with Crippen LogP contribution in [0.1, 0.15) is 35.2 Å². The summed E-state index contributed by atoms with van der Waals surface area (Å²) in [7, 11) is 1.67. The summed E-state index contributed by atoms with van der Waals surface area (Å²) in [6, 6.07) is 18.3. The third-order valence-electron chi connectivity index (χ3n) is 6.40. The summed E-state index contributed by atoms with van der Waals surface area (Å²) in [5.74, 6) is 0.